The number of halogens is 5. The molecule has 4 aromatic rings. The molecule has 8 nitrogen and oxygen atoms in total. The highest BCUT2D eigenvalue weighted by atomic mass is 35.5. The molecule has 2 aliphatic heterocycles. The standard InChI is InChI=1S/C30H20Cl2F3N3O5S2/c1-43-17-10-8-16(9-11-17)38-26(40)22-21(18-6-3-7-19(31)23(18)32)25-28(44-24(22)27(38)41)37(29(42)45-25)13-20(39)36-15-5-2-4-14(12-15)30(33,34)35/h2-12,21-22,24H,13H2,1H3,(H,36,39)/t21-,22?,24?/m1/s1. The average Bonchev–Trinajstić information content (AvgIpc) is 3.44. The Kier molecular flexibility index (Phi) is 8.23. The number of thioether (sulfide) groups is 1. The summed E-state index contributed by atoms with van der Waals surface area (Å²) in [5, 5.41) is 2.06. The molecule has 0 aliphatic carbocycles. The summed E-state index contributed by atoms with van der Waals surface area (Å²) >= 11 is 14.8. The quantitative estimate of drug-likeness (QED) is 0.227. The van der Waals surface area contributed by atoms with Crippen molar-refractivity contribution in [2.75, 3.05) is 17.3 Å². The van der Waals surface area contributed by atoms with E-state index in [4.69, 9.17) is 27.9 Å². The van der Waals surface area contributed by atoms with E-state index in [-0.39, 0.29) is 20.8 Å². The molecular formula is C30H20Cl2F3N3O5S2. The van der Waals surface area contributed by atoms with Crippen molar-refractivity contribution in [1.29, 1.82) is 0 Å². The monoisotopic (exact) mass is 693 g/mol. The topological polar surface area (TPSA) is 97.7 Å². The smallest absolute Gasteiger partial charge is 0.416 e. The van der Waals surface area contributed by atoms with Gasteiger partial charge in [0.05, 0.1) is 39.3 Å². The molecule has 1 saturated heterocycles. The number of nitrogens with one attached hydrogen (secondary N) is 1. The normalized spacial score (nSPS) is 19.3. The van der Waals surface area contributed by atoms with E-state index in [1.54, 1.807) is 42.5 Å². The third kappa shape index (κ3) is 5.62. The van der Waals surface area contributed by atoms with Crippen molar-refractivity contribution in [2.24, 2.45) is 5.92 Å². The summed E-state index contributed by atoms with van der Waals surface area (Å²) in [5.74, 6) is -3.06. The first-order valence-electron chi connectivity index (χ1n) is 13.2. The zero-order chi connectivity index (χ0) is 32.2. The lowest BCUT2D eigenvalue weighted by atomic mass is 9.83. The molecule has 3 amide bonds. The molecule has 15 heteroatoms. The van der Waals surface area contributed by atoms with E-state index >= 15 is 0 Å². The summed E-state index contributed by atoms with van der Waals surface area (Å²) in [7, 11) is 1.49. The van der Waals surface area contributed by atoms with Crippen LogP contribution in [0.5, 0.6) is 5.75 Å². The van der Waals surface area contributed by atoms with Crippen molar-refractivity contribution in [3.05, 3.63) is 102 Å². The van der Waals surface area contributed by atoms with E-state index in [1.807, 2.05) is 0 Å². The molecular weight excluding hydrogens is 674 g/mol. The summed E-state index contributed by atoms with van der Waals surface area (Å²) in [5.41, 5.74) is -0.285. The molecule has 0 radical (unpaired) electrons. The van der Waals surface area contributed by atoms with Gasteiger partial charge < -0.3 is 10.1 Å². The number of aromatic nitrogens is 1. The summed E-state index contributed by atoms with van der Waals surface area (Å²) in [4.78, 5) is 55.2. The lowest BCUT2D eigenvalue weighted by molar-refractivity contribution is -0.137. The minimum atomic E-state index is -4.61. The first-order chi connectivity index (χ1) is 21.4. The number of fused-ring (bicyclic) bond motifs is 2. The number of hydrogen-bond acceptors (Lipinski definition) is 7. The number of carbonyl (C=O) groups excluding carboxylic acids is 3. The minimum absolute atomic E-state index is 0.102. The number of alkyl halides is 3. The van der Waals surface area contributed by atoms with Gasteiger partial charge in [0.2, 0.25) is 17.7 Å². The number of hydrogen-bond donors (Lipinski definition) is 1. The van der Waals surface area contributed by atoms with Crippen molar-refractivity contribution in [1.82, 2.24) is 4.57 Å². The molecule has 1 fully saturated rings. The lowest BCUT2D eigenvalue weighted by Gasteiger charge is -2.31. The largest absolute Gasteiger partial charge is 0.497 e. The van der Waals surface area contributed by atoms with Crippen LogP contribution in [0.3, 0.4) is 0 Å². The van der Waals surface area contributed by atoms with Crippen LogP contribution in [0.1, 0.15) is 21.9 Å². The Bertz CT molecular complexity index is 1910. The van der Waals surface area contributed by atoms with Crippen molar-refractivity contribution in [3.63, 3.8) is 0 Å². The summed E-state index contributed by atoms with van der Waals surface area (Å²) in [6.45, 7) is -0.550. The Hall–Kier alpha value is -3.78. The molecule has 45 heavy (non-hydrogen) atoms. The number of carbonyl (C=O) groups is 3. The lowest BCUT2D eigenvalue weighted by Crippen LogP contribution is -2.33. The number of rotatable bonds is 6. The van der Waals surface area contributed by atoms with Crippen LogP contribution in [0.2, 0.25) is 10.0 Å². The molecule has 0 bridgehead atoms. The Morgan fingerprint density at radius 2 is 1.71 bits per heavy atom. The molecule has 3 heterocycles. The van der Waals surface area contributed by atoms with Gasteiger partial charge in [0.25, 0.3) is 0 Å². The number of anilines is 2. The first-order valence-corrected chi connectivity index (χ1v) is 15.7. The van der Waals surface area contributed by atoms with Crippen molar-refractivity contribution in [3.8, 4) is 5.75 Å². The maximum atomic E-state index is 14.0. The number of ether oxygens (including phenoxy) is 1. The highest BCUT2D eigenvalue weighted by Gasteiger charge is 2.57. The highest BCUT2D eigenvalue weighted by Crippen LogP contribution is 2.55. The van der Waals surface area contributed by atoms with Crippen molar-refractivity contribution in [2.45, 2.75) is 28.9 Å². The number of imide groups is 1. The van der Waals surface area contributed by atoms with Crippen LogP contribution in [0.15, 0.2) is 76.6 Å². The molecule has 232 valence electrons. The van der Waals surface area contributed by atoms with E-state index in [0.717, 1.165) is 50.8 Å². The number of thiazole rings is 1. The average molecular weight is 695 g/mol. The van der Waals surface area contributed by atoms with E-state index < -0.39 is 58.0 Å². The predicted molar refractivity (Wildman–Crippen MR) is 166 cm³/mol. The maximum Gasteiger partial charge on any atom is 0.416 e. The van der Waals surface area contributed by atoms with Crippen LogP contribution in [0.25, 0.3) is 0 Å². The number of amides is 3. The third-order valence-electron chi connectivity index (χ3n) is 7.47. The van der Waals surface area contributed by atoms with Crippen LogP contribution >= 0.6 is 46.3 Å². The molecule has 0 spiro atoms. The Morgan fingerprint density at radius 3 is 2.40 bits per heavy atom. The van der Waals surface area contributed by atoms with Gasteiger partial charge in [-0.05, 0) is 54.1 Å². The molecule has 0 saturated carbocycles. The zero-order valence-electron chi connectivity index (χ0n) is 22.9. The van der Waals surface area contributed by atoms with Gasteiger partial charge in [0.1, 0.15) is 17.5 Å². The zero-order valence-corrected chi connectivity index (χ0v) is 26.1. The molecule has 1 aromatic heterocycles. The van der Waals surface area contributed by atoms with Gasteiger partial charge in [-0.1, -0.05) is 64.5 Å². The second-order valence-electron chi connectivity index (χ2n) is 10.1. The second kappa shape index (κ2) is 11.9. The summed E-state index contributed by atoms with van der Waals surface area (Å²) in [6.07, 6.45) is -4.61. The van der Waals surface area contributed by atoms with E-state index in [9.17, 15) is 32.3 Å². The van der Waals surface area contributed by atoms with Gasteiger partial charge in [-0.2, -0.15) is 13.2 Å². The SMILES string of the molecule is COc1ccc(N2C(=O)C3Sc4c(sc(=O)n4CC(=O)Nc4cccc(C(F)(F)F)c4)[C@H](c4cccc(Cl)c4Cl)C3C2=O)cc1. The van der Waals surface area contributed by atoms with Crippen LogP contribution in [-0.4, -0.2) is 34.6 Å². The number of benzene rings is 3. The fraction of sp³-hybridized carbons (Fsp3) is 0.200. The predicted octanol–water partition coefficient (Wildman–Crippen LogP) is 6.68. The van der Waals surface area contributed by atoms with E-state index in [1.165, 1.54) is 13.2 Å². The van der Waals surface area contributed by atoms with Crippen LogP contribution in [0.4, 0.5) is 24.5 Å². The Labute approximate surface area is 271 Å². The number of nitrogens with zero attached hydrogens (tertiary/aromatic N) is 2. The fourth-order valence-electron chi connectivity index (χ4n) is 5.45. The minimum Gasteiger partial charge on any atom is -0.497 e. The maximum absolute atomic E-state index is 14.0. The van der Waals surface area contributed by atoms with Gasteiger partial charge in [-0.3, -0.25) is 23.7 Å². The first kappa shape index (κ1) is 31.2. The summed E-state index contributed by atoms with van der Waals surface area (Å²) < 4.78 is 45.9. The number of methoxy groups -OCH3 is 1. The van der Waals surface area contributed by atoms with Crippen LogP contribution in [-0.2, 0) is 27.1 Å². The van der Waals surface area contributed by atoms with Crippen LogP contribution < -0.4 is 19.8 Å². The summed E-state index contributed by atoms with van der Waals surface area (Å²) in [6, 6.07) is 15.4. The van der Waals surface area contributed by atoms with Gasteiger partial charge in [-0.25, -0.2) is 4.90 Å². The Balaban J connectivity index is 1.40. The van der Waals surface area contributed by atoms with Gasteiger partial charge in [0, 0.05) is 16.5 Å². The fourth-order valence-corrected chi connectivity index (χ4v) is 8.64. The molecule has 3 aromatic carbocycles. The van der Waals surface area contributed by atoms with Gasteiger partial charge >= 0.3 is 11.0 Å². The molecule has 2 aliphatic rings. The van der Waals surface area contributed by atoms with E-state index in [2.05, 4.69) is 5.32 Å². The molecule has 2 unspecified atom stereocenters. The second-order valence-corrected chi connectivity index (χ2v) is 13.1. The van der Waals surface area contributed by atoms with Crippen molar-refractivity contribution >= 4 is 75.4 Å². The van der Waals surface area contributed by atoms with Gasteiger partial charge in [0.15, 0.2) is 0 Å². The Morgan fingerprint density at radius 1 is 1.00 bits per heavy atom. The molecule has 1 N–H and O–H groups in total. The van der Waals surface area contributed by atoms with Crippen LogP contribution in [0, 0.1) is 5.92 Å². The molecule has 3 atom stereocenters. The molecule has 6 rings (SSSR count). The van der Waals surface area contributed by atoms with Crippen molar-refractivity contribution < 1.29 is 32.3 Å². The third-order valence-corrected chi connectivity index (χ3v) is 10.9. The van der Waals surface area contributed by atoms with E-state index in [0.29, 0.717) is 21.9 Å². The highest BCUT2D eigenvalue weighted by molar-refractivity contribution is 8.00. The van der Waals surface area contributed by atoms with Gasteiger partial charge in [-0.15, -0.1) is 0 Å².